The van der Waals surface area contributed by atoms with Gasteiger partial charge in [-0.3, -0.25) is 4.79 Å². The van der Waals surface area contributed by atoms with Crippen LogP contribution in [0.5, 0.6) is 0 Å². The van der Waals surface area contributed by atoms with E-state index in [-0.39, 0.29) is 11.6 Å². The van der Waals surface area contributed by atoms with Gasteiger partial charge in [0.25, 0.3) is 5.56 Å². The molecular formula is C22H20ClN3OS. The first-order valence-corrected chi connectivity index (χ1v) is 10.4. The zero-order chi connectivity index (χ0) is 19.5. The normalized spacial score (nSPS) is 12.4. The highest BCUT2D eigenvalue weighted by molar-refractivity contribution is 7.17. The second-order valence-corrected chi connectivity index (χ2v) is 7.99. The van der Waals surface area contributed by atoms with Crippen LogP contribution >= 0.6 is 22.9 Å². The molecule has 2 aromatic heterocycles. The highest BCUT2D eigenvalue weighted by Crippen LogP contribution is 2.30. The molecule has 0 aliphatic rings. The molecule has 28 heavy (non-hydrogen) atoms. The van der Waals surface area contributed by atoms with E-state index in [1.165, 1.54) is 16.9 Å². The lowest BCUT2D eigenvalue weighted by atomic mass is 10.1. The molecule has 0 fully saturated rings. The summed E-state index contributed by atoms with van der Waals surface area (Å²) < 4.78 is 0. The maximum absolute atomic E-state index is 12.8. The molecule has 6 heteroatoms. The van der Waals surface area contributed by atoms with E-state index in [2.05, 4.69) is 10.3 Å². The second-order valence-electron chi connectivity index (χ2n) is 6.70. The number of rotatable bonds is 6. The number of hydrogen-bond donors (Lipinski definition) is 2. The number of benzene rings is 2. The minimum Gasteiger partial charge on any atom is -0.309 e. The molecule has 0 saturated heterocycles. The van der Waals surface area contributed by atoms with Crippen molar-refractivity contribution < 1.29 is 0 Å². The highest BCUT2D eigenvalue weighted by Gasteiger charge is 2.15. The summed E-state index contributed by atoms with van der Waals surface area (Å²) in [7, 11) is 0. The van der Waals surface area contributed by atoms with Gasteiger partial charge in [-0.25, -0.2) is 4.98 Å². The van der Waals surface area contributed by atoms with Crippen LogP contribution in [0.15, 0.2) is 64.8 Å². The highest BCUT2D eigenvalue weighted by atomic mass is 35.5. The van der Waals surface area contributed by atoms with E-state index in [9.17, 15) is 4.79 Å². The Kier molecular flexibility index (Phi) is 5.57. The van der Waals surface area contributed by atoms with Crippen LogP contribution in [0.4, 0.5) is 0 Å². The fourth-order valence-electron chi connectivity index (χ4n) is 3.18. The molecule has 0 aliphatic heterocycles. The summed E-state index contributed by atoms with van der Waals surface area (Å²) in [6, 6.07) is 17.7. The lowest BCUT2D eigenvalue weighted by Gasteiger charge is -2.13. The first-order valence-electron chi connectivity index (χ1n) is 9.16. The standard InChI is InChI=1S/C22H20ClN3OS/c1-14(24-12-11-15-7-9-17(23)10-8-15)20-25-21(27)19-18(13-28-22(19)26-20)16-5-3-2-4-6-16/h2-10,13-14,24H,11-12H2,1H3,(H,25,26,27)/t14-/m1/s1. The van der Waals surface area contributed by atoms with Gasteiger partial charge in [0.2, 0.25) is 0 Å². The topological polar surface area (TPSA) is 57.8 Å². The van der Waals surface area contributed by atoms with E-state index in [4.69, 9.17) is 16.6 Å². The van der Waals surface area contributed by atoms with Crippen molar-refractivity contribution in [3.05, 3.63) is 86.7 Å². The van der Waals surface area contributed by atoms with Crippen LogP contribution in [0.2, 0.25) is 5.02 Å². The summed E-state index contributed by atoms with van der Waals surface area (Å²) in [5, 5.41) is 6.84. The lowest BCUT2D eigenvalue weighted by Crippen LogP contribution is -2.25. The molecule has 0 radical (unpaired) electrons. The Bertz CT molecular complexity index is 1140. The molecule has 0 spiro atoms. The van der Waals surface area contributed by atoms with Crippen LogP contribution in [-0.2, 0) is 6.42 Å². The molecule has 0 unspecified atom stereocenters. The predicted octanol–water partition coefficient (Wildman–Crippen LogP) is 5.20. The van der Waals surface area contributed by atoms with Crippen molar-refractivity contribution in [2.24, 2.45) is 0 Å². The van der Waals surface area contributed by atoms with Crippen molar-refractivity contribution in [2.45, 2.75) is 19.4 Å². The van der Waals surface area contributed by atoms with Gasteiger partial charge >= 0.3 is 0 Å². The fraction of sp³-hybridized carbons (Fsp3) is 0.182. The molecule has 0 saturated carbocycles. The second kappa shape index (κ2) is 8.27. The van der Waals surface area contributed by atoms with E-state index in [1.54, 1.807) is 0 Å². The van der Waals surface area contributed by atoms with Crippen molar-refractivity contribution in [1.82, 2.24) is 15.3 Å². The van der Waals surface area contributed by atoms with Crippen LogP contribution in [0.1, 0.15) is 24.4 Å². The SMILES string of the molecule is C[C@@H](NCCc1ccc(Cl)cc1)c1nc2scc(-c3ccccc3)c2c(=O)[nH]1. The summed E-state index contributed by atoms with van der Waals surface area (Å²) in [6.07, 6.45) is 0.880. The molecule has 142 valence electrons. The van der Waals surface area contributed by atoms with Crippen molar-refractivity contribution >= 4 is 33.2 Å². The van der Waals surface area contributed by atoms with Crippen LogP contribution in [0, 0.1) is 0 Å². The van der Waals surface area contributed by atoms with Crippen molar-refractivity contribution in [2.75, 3.05) is 6.54 Å². The summed E-state index contributed by atoms with van der Waals surface area (Å²) in [6.45, 7) is 2.79. The molecule has 2 N–H and O–H groups in total. The smallest absolute Gasteiger partial charge is 0.260 e. The van der Waals surface area contributed by atoms with Crippen molar-refractivity contribution in [1.29, 1.82) is 0 Å². The summed E-state index contributed by atoms with van der Waals surface area (Å²) >= 11 is 7.43. The Morgan fingerprint density at radius 3 is 2.64 bits per heavy atom. The monoisotopic (exact) mass is 409 g/mol. The van der Waals surface area contributed by atoms with E-state index in [0.717, 1.165) is 33.9 Å². The quantitative estimate of drug-likeness (QED) is 0.460. The maximum Gasteiger partial charge on any atom is 0.260 e. The molecule has 4 nitrogen and oxygen atoms in total. The molecule has 2 aromatic carbocycles. The van der Waals surface area contributed by atoms with Gasteiger partial charge in [0.15, 0.2) is 0 Å². The Balaban J connectivity index is 1.51. The van der Waals surface area contributed by atoms with Gasteiger partial charge in [0, 0.05) is 16.0 Å². The van der Waals surface area contributed by atoms with Gasteiger partial charge in [0.05, 0.1) is 11.4 Å². The predicted molar refractivity (Wildman–Crippen MR) is 117 cm³/mol. The Morgan fingerprint density at radius 2 is 1.89 bits per heavy atom. The molecule has 4 rings (SSSR count). The van der Waals surface area contributed by atoms with Gasteiger partial charge in [0.1, 0.15) is 10.7 Å². The van der Waals surface area contributed by atoms with Crippen LogP contribution in [0.25, 0.3) is 21.3 Å². The average molecular weight is 410 g/mol. The number of nitrogens with zero attached hydrogens (tertiary/aromatic N) is 1. The van der Waals surface area contributed by atoms with Gasteiger partial charge in [-0.15, -0.1) is 11.3 Å². The van der Waals surface area contributed by atoms with E-state index in [1.807, 2.05) is 66.9 Å². The molecule has 0 aliphatic carbocycles. The minimum absolute atomic E-state index is 0.0494. The van der Waals surface area contributed by atoms with Crippen molar-refractivity contribution in [3.63, 3.8) is 0 Å². The number of halogens is 1. The third-order valence-electron chi connectivity index (χ3n) is 4.73. The first kappa shape index (κ1) is 18.9. The van der Waals surface area contributed by atoms with Gasteiger partial charge < -0.3 is 10.3 Å². The van der Waals surface area contributed by atoms with Gasteiger partial charge in [-0.1, -0.05) is 54.1 Å². The maximum atomic E-state index is 12.8. The number of nitrogens with one attached hydrogen (secondary N) is 2. The summed E-state index contributed by atoms with van der Waals surface area (Å²) in [4.78, 5) is 21.2. The number of H-pyrrole nitrogens is 1. The Labute approximate surface area is 172 Å². The molecule has 0 amide bonds. The van der Waals surface area contributed by atoms with E-state index >= 15 is 0 Å². The number of aromatic amines is 1. The number of fused-ring (bicyclic) bond motifs is 1. The van der Waals surface area contributed by atoms with Crippen LogP contribution in [-0.4, -0.2) is 16.5 Å². The van der Waals surface area contributed by atoms with Crippen LogP contribution < -0.4 is 10.9 Å². The summed E-state index contributed by atoms with van der Waals surface area (Å²) in [5.41, 5.74) is 3.09. The number of thiophene rings is 1. The number of aromatic nitrogens is 2. The number of hydrogen-bond acceptors (Lipinski definition) is 4. The molecular weight excluding hydrogens is 390 g/mol. The fourth-order valence-corrected chi connectivity index (χ4v) is 4.26. The molecule has 2 heterocycles. The Morgan fingerprint density at radius 1 is 1.14 bits per heavy atom. The Hall–Kier alpha value is -2.47. The van der Waals surface area contributed by atoms with Gasteiger partial charge in [-0.2, -0.15) is 0 Å². The molecule has 4 aromatic rings. The van der Waals surface area contributed by atoms with E-state index < -0.39 is 0 Å². The third-order valence-corrected chi connectivity index (χ3v) is 5.86. The van der Waals surface area contributed by atoms with Crippen LogP contribution in [0.3, 0.4) is 0 Å². The average Bonchev–Trinajstić information content (AvgIpc) is 3.15. The zero-order valence-corrected chi connectivity index (χ0v) is 17.0. The van der Waals surface area contributed by atoms with Gasteiger partial charge in [-0.05, 0) is 43.1 Å². The largest absolute Gasteiger partial charge is 0.309 e. The lowest BCUT2D eigenvalue weighted by molar-refractivity contribution is 0.550. The molecule has 0 bridgehead atoms. The summed E-state index contributed by atoms with van der Waals surface area (Å²) in [5.74, 6) is 0.662. The van der Waals surface area contributed by atoms with E-state index in [0.29, 0.717) is 11.2 Å². The van der Waals surface area contributed by atoms with Crippen molar-refractivity contribution in [3.8, 4) is 11.1 Å². The molecule has 1 atom stereocenters. The third kappa shape index (κ3) is 4.02. The minimum atomic E-state index is -0.0912. The zero-order valence-electron chi connectivity index (χ0n) is 15.4. The first-order chi connectivity index (χ1) is 13.6.